The van der Waals surface area contributed by atoms with Crippen LogP contribution in [0.2, 0.25) is 0 Å². The van der Waals surface area contributed by atoms with E-state index in [1.165, 1.54) is 5.34 Å². The summed E-state index contributed by atoms with van der Waals surface area (Å²) in [7, 11) is 0. The summed E-state index contributed by atoms with van der Waals surface area (Å²) >= 11 is 0. The lowest BCUT2D eigenvalue weighted by molar-refractivity contribution is 0.312. The Hall–Kier alpha value is -0.0200. The molecule has 0 heterocycles. The van der Waals surface area contributed by atoms with Crippen LogP contribution < -0.4 is 0 Å². The van der Waals surface area contributed by atoms with Gasteiger partial charge in [-0.15, -0.1) is 29.7 Å². The fourth-order valence-corrected chi connectivity index (χ4v) is 0. The first-order valence-corrected chi connectivity index (χ1v) is 0.383. The highest BCUT2D eigenvalue weighted by Crippen LogP contribution is 1.25. The average molecular weight is 120 g/mol. The van der Waals surface area contributed by atoms with Crippen LogP contribution >= 0.6 is 24.8 Å². The highest BCUT2D eigenvalue weighted by Gasteiger charge is 1.18. The second kappa shape index (κ2) is 36.8. The first kappa shape index (κ1) is 20.1. The highest BCUT2D eigenvalue weighted by molar-refractivity contribution is 5.85. The molecule has 0 aromatic carbocycles. The molecule has 5 heavy (non-hydrogen) atoms. The van der Waals surface area contributed by atoms with Gasteiger partial charge in [-0.3, -0.25) is 0 Å². The summed E-state index contributed by atoms with van der Waals surface area (Å²) in [5.74, 6) is 0. The van der Waals surface area contributed by atoms with Crippen LogP contribution in [0.25, 0.3) is 0 Å². The molecular formula is H3Cl2NO2. The molecule has 0 aliphatic heterocycles. The molecule has 0 fully saturated rings. The quantitative estimate of drug-likeness (QED) is 0.382. The van der Waals surface area contributed by atoms with Crippen LogP contribution in [0.15, 0.2) is 5.34 Å². The molecule has 0 rings (SSSR count). The van der Waals surface area contributed by atoms with Crippen LogP contribution in [-0.4, -0.2) is 5.21 Å². The molecule has 0 unspecified atom stereocenters. The summed E-state index contributed by atoms with van der Waals surface area (Å²) < 4.78 is 0. The van der Waals surface area contributed by atoms with Crippen molar-refractivity contribution in [2.75, 3.05) is 0 Å². The summed E-state index contributed by atoms with van der Waals surface area (Å²) in [6, 6.07) is 0. The summed E-state index contributed by atoms with van der Waals surface area (Å²) in [5, 5.41) is 7.89. The lowest BCUT2D eigenvalue weighted by Crippen LogP contribution is -1.25. The molecule has 0 amide bonds. The van der Waals surface area contributed by atoms with Crippen LogP contribution in [0.4, 0.5) is 0 Å². The maximum absolute atomic E-state index is 8.11. The SMILES string of the molecule is Cl.Cl.O=NO. The first-order valence-electron chi connectivity index (χ1n) is 0.383. The zero-order valence-corrected chi connectivity index (χ0v) is 3.75. The van der Waals surface area contributed by atoms with Gasteiger partial charge in [0.1, 0.15) is 0 Å². The number of rotatable bonds is 0. The van der Waals surface area contributed by atoms with E-state index in [4.69, 9.17) is 10.1 Å². The molecule has 0 bridgehead atoms. The van der Waals surface area contributed by atoms with Crippen molar-refractivity contribution in [1.29, 1.82) is 0 Å². The first-order chi connectivity index (χ1) is 1.41. The van der Waals surface area contributed by atoms with Crippen molar-refractivity contribution < 1.29 is 5.21 Å². The van der Waals surface area contributed by atoms with Gasteiger partial charge < -0.3 is 5.21 Å². The van der Waals surface area contributed by atoms with Gasteiger partial charge in [0.25, 0.3) is 0 Å². The number of nitrogens with zero attached hydrogens (tertiary/aromatic N) is 1. The van der Waals surface area contributed by atoms with Crippen molar-refractivity contribution in [2.24, 2.45) is 5.34 Å². The van der Waals surface area contributed by atoms with E-state index < -0.39 is 0 Å². The van der Waals surface area contributed by atoms with Gasteiger partial charge in [0.05, 0.1) is 0 Å². The van der Waals surface area contributed by atoms with Gasteiger partial charge in [0, 0.05) is 0 Å². The third-order valence-corrected chi connectivity index (χ3v) is 0. The number of hydrogen-bond donors (Lipinski definition) is 1. The number of hydrogen-bond acceptors (Lipinski definition) is 2. The Bertz CT molecular complexity index is 15.1. The maximum Gasteiger partial charge on any atom is 0.152 e. The lowest BCUT2D eigenvalue weighted by Gasteiger charge is -1.32. The molecule has 0 atom stereocenters. The van der Waals surface area contributed by atoms with Crippen molar-refractivity contribution in [3.63, 3.8) is 0 Å². The Labute approximate surface area is 41.1 Å². The van der Waals surface area contributed by atoms with E-state index in [0.29, 0.717) is 0 Å². The average Bonchev–Trinajstić information content (AvgIpc) is 0.918. The van der Waals surface area contributed by atoms with Crippen molar-refractivity contribution in [3.8, 4) is 0 Å². The molecule has 34 valence electrons. The molecule has 0 spiro atoms. The van der Waals surface area contributed by atoms with Crippen LogP contribution in [-0.2, 0) is 0 Å². The van der Waals surface area contributed by atoms with Gasteiger partial charge in [0.15, 0.2) is 5.34 Å². The van der Waals surface area contributed by atoms with Gasteiger partial charge >= 0.3 is 0 Å². The van der Waals surface area contributed by atoms with E-state index in [2.05, 4.69) is 0 Å². The Morgan fingerprint density at radius 3 is 1.40 bits per heavy atom. The predicted molar refractivity (Wildman–Crippen MR) is 22.1 cm³/mol. The topological polar surface area (TPSA) is 49.7 Å². The zero-order chi connectivity index (χ0) is 2.71. The van der Waals surface area contributed by atoms with Crippen molar-refractivity contribution in [1.82, 2.24) is 0 Å². The predicted octanol–water partition coefficient (Wildman–Crippen LogP) is 0.986. The monoisotopic (exact) mass is 119 g/mol. The molecule has 3 nitrogen and oxygen atoms in total. The molecule has 0 saturated carbocycles. The normalized spacial score (nSPS) is 2.40. The Morgan fingerprint density at radius 2 is 1.40 bits per heavy atom. The molecule has 5 heteroatoms. The Balaban J connectivity index is -0.0000000200. The third kappa shape index (κ3) is 39000. The maximum atomic E-state index is 8.11. The van der Waals surface area contributed by atoms with Gasteiger partial charge in [-0.1, -0.05) is 0 Å². The van der Waals surface area contributed by atoms with E-state index >= 15 is 0 Å². The largest absolute Gasteiger partial charge is 0.379 e. The molecule has 0 aromatic heterocycles. The summed E-state index contributed by atoms with van der Waals surface area (Å²) in [6.45, 7) is 0. The Kier molecular flexibility index (Phi) is 148. The van der Waals surface area contributed by atoms with Gasteiger partial charge in [-0.05, 0) is 0 Å². The fraction of sp³-hybridized carbons (Fsp3) is 0. The smallest absolute Gasteiger partial charge is 0.152 e. The highest BCUT2D eigenvalue weighted by atomic mass is 35.5. The minimum Gasteiger partial charge on any atom is -0.379 e. The molecule has 0 saturated heterocycles. The third-order valence-electron chi connectivity index (χ3n) is 0. The van der Waals surface area contributed by atoms with E-state index in [-0.39, 0.29) is 24.8 Å². The molecule has 0 radical (unpaired) electrons. The van der Waals surface area contributed by atoms with Gasteiger partial charge in [0.2, 0.25) is 0 Å². The molecular weight excluding hydrogens is 117 g/mol. The second-order valence-corrected chi connectivity index (χ2v) is 0.0816. The summed E-state index contributed by atoms with van der Waals surface area (Å²) in [6.07, 6.45) is 0. The van der Waals surface area contributed by atoms with Crippen LogP contribution in [0.5, 0.6) is 0 Å². The Morgan fingerprint density at radius 1 is 1.40 bits per heavy atom. The number of halogens is 2. The fourth-order valence-electron chi connectivity index (χ4n) is 0. The summed E-state index contributed by atoms with van der Waals surface area (Å²) in [4.78, 5) is 8.11. The molecule has 0 aliphatic carbocycles. The zero-order valence-electron chi connectivity index (χ0n) is 2.12. The lowest BCUT2D eigenvalue weighted by atomic mass is 13.4. The van der Waals surface area contributed by atoms with Crippen LogP contribution in [0.1, 0.15) is 0 Å². The van der Waals surface area contributed by atoms with E-state index in [0.717, 1.165) is 0 Å². The molecule has 0 aliphatic rings. The standard InChI is InChI=1S/2ClH.HNO2/c;;2-1-3/h2*1H;(H,2,3). The van der Waals surface area contributed by atoms with Crippen LogP contribution in [0, 0.1) is 4.91 Å². The molecule has 1 N–H and O–H groups in total. The van der Waals surface area contributed by atoms with E-state index in [1.54, 1.807) is 0 Å². The minimum absolute atomic E-state index is 0. The van der Waals surface area contributed by atoms with Crippen molar-refractivity contribution in [2.45, 2.75) is 0 Å². The summed E-state index contributed by atoms with van der Waals surface area (Å²) in [5.41, 5.74) is 0. The van der Waals surface area contributed by atoms with Crippen molar-refractivity contribution in [3.05, 3.63) is 4.91 Å². The van der Waals surface area contributed by atoms with Gasteiger partial charge in [-0.25, -0.2) is 0 Å². The van der Waals surface area contributed by atoms with Crippen molar-refractivity contribution >= 4 is 24.8 Å². The van der Waals surface area contributed by atoms with Crippen LogP contribution in [0.3, 0.4) is 0 Å². The molecule has 0 aromatic rings. The second-order valence-electron chi connectivity index (χ2n) is 0.0816. The minimum atomic E-state index is 0. The van der Waals surface area contributed by atoms with E-state index in [1.807, 2.05) is 0 Å². The van der Waals surface area contributed by atoms with Gasteiger partial charge in [-0.2, -0.15) is 0 Å². The van der Waals surface area contributed by atoms with E-state index in [9.17, 15) is 0 Å².